The van der Waals surface area contributed by atoms with Crippen LogP contribution in [0.1, 0.15) is 42.5 Å². The Morgan fingerprint density at radius 1 is 1.06 bits per heavy atom. The van der Waals surface area contributed by atoms with Crippen molar-refractivity contribution in [2.45, 2.75) is 44.9 Å². The first-order chi connectivity index (χ1) is 8.34. The lowest BCUT2D eigenvalue weighted by Gasteiger charge is -2.00. The number of rotatable bonds is 0. The number of pyridine rings is 1. The van der Waals surface area contributed by atoms with Crippen molar-refractivity contribution in [1.82, 2.24) is 0 Å². The van der Waals surface area contributed by atoms with Crippen molar-refractivity contribution in [3.63, 3.8) is 0 Å². The molecule has 0 aromatic carbocycles. The Morgan fingerprint density at radius 3 is 2.71 bits per heavy atom. The molecule has 1 aliphatic rings. The zero-order valence-electron chi connectivity index (χ0n) is 10.5. The van der Waals surface area contributed by atoms with E-state index in [1.165, 1.54) is 55.0 Å². The number of fused-ring (bicyclic) bond motifs is 3. The molecular formula is C15H20NS+. The van der Waals surface area contributed by atoms with E-state index < -0.39 is 0 Å². The fraction of sp³-hybridized carbons (Fsp3) is 0.533. The molecule has 17 heavy (non-hydrogen) atoms. The first-order valence-electron chi connectivity index (χ1n) is 6.74. The minimum absolute atomic E-state index is 1.29. The van der Waals surface area contributed by atoms with Crippen molar-refractivity contribution < 1.29 is 4.57 Å². The lowest BCUT2D eigenvalue weighted by Crippen LogP contribution is -2.25. The maximum Gasteiger partial charge on any atom is 0.177 e. The van der Waals surface area contributed by atoms with Crippen molar-refractivity contribution in [3.05, 3.63) is 28.9 Å². The molecule has 0 unspecified atom stereocenters. The summed E-state index contributed by atoms with van der Waals surface area (Å²) >= 11 is 2.03. The highest BCUT2D eigenvalue weighted by Crippen LogP contribution is 2.33. The summed E-state index contributed by atoms with van der Waals surface area (Å²) < 4.78 is 3.66. The van der Waals surface area contributed by atoms with Gasteiger partial charge in [0.2, 0.25) is 0 Å². The van der Waals surface area contributed by atoms with Gasteiger partial charge in [-0.05, 0) is 31.2 Å². The largest absolute Gasteiger partial charge is 0.207 e. The van der Waals surface area contributed by atoms with Gasteiger partial charge in [0.1, 0.15) is 7.05 Å². The van der Waals surface area contributed by atoms with Gasteiger partial charge < -0.3 is 0 Å². The van der Waals surface area contributed by atoms with Gasteiger partial charge in [0.15, 0.2) is 12.4 Å². The minimum Gasteiger partial charge on any atom is -0.207 e. The van der Waals surface area contributed by atoms with Crippen molar-refractivity contribution in [1.29, 1.82) is 0 Å². The SMILES string of the molecule is C[n+]1ccc2sc3c(c2c1)CCCCCCC3. The summed E-state index contributed by atoms with van der Waals surface area (Å²) in [5.41, 5.74) is 1.66. The first kappa shape index (κ1) is 11.2. The predicted octanol–water partition coefficient (Wildman–Crippen LogP) is 3.77. The Labute approximate surface area is 107 Å². The molecule has 2 heteroatoms. The highest BCUT2D eigenvalue weighted by atomic mass is 32.1. The standard InChI is InChI=1S/C15H20NS/c1-16-10-9-15-13(11-16)12-7-5-3-2-4-6-8-14(12)17-15/h9-11H,2-8H2,1H3/q+1. The van der Waals surface area contributed by atoms with E-state index in [1.54, 1.807) is 10.4 Å². The quantitative estimate of drug-likeness (QED) is 0.623. The molecule has 2 aromatic heterocycles. The van der Waals surface area contributed by atoms with Gasteiger partial charge in [-0.25, -0.2) is 4.57 Å². The third-order valence-electron chi connectivity index (χ3n) is 3.78. The molecule has 1 aliphatic carbocycles. The molecule has 0 amide bonds. The lowest BCUT2D eigenvalue weighted by molar-refractivity contribution is -0.670. The van der Waals surface area contributed by atoms with Crippen LogP contribution < -0.4 is 4.57 Å². The molecule has 0 radical (unpaired) electrons. The van der Waals surface area contributed by atoms with Crippen LogP contribution in [0.15, 0.2) is 18.5 Å². The number of aryl methyl sites for hydroxylation is 3. The molecule has 0 N–H and O–H groups in total. The minimum atomic E-state index is 1.29. The average molecular weight is 246 g/mol. The van der Waals surface area contributed by atoms with Crippen molar-refractivity contribution in [2.24, 2.45) is 7.05 Å². The maximum absolute atomic E-state index is 2.31. The van der Waals surface area contributed by atoms with Crippen LogP contribution in [-0.4, -0.2) is 0 Å². The molecule has 0 aliphatic heterocycles. The second-order valence-corrected chi connectivity index (χ2v) is 6.30. The van der Waals surface area contributed by atoms with E-state index in [4.69, 9.17) is 0 Å². The van der Waals surface area contributed by atoms with Crippen molar-refractivity contribution >= 4 is 21.4 Å². The fourth-order valence-corrected chi connectivity index (χ4v) is 4.10. The number of hydrogen-bond donors (Lipinski definition) is 0. The summed E-state index contributed by atoms with van der Waals surface area (Å²) in [7, 11) is 2.12. The van der Waals surface area contributed by atoms with Gasteiger partial charge in [0.25, 0.3) is 0 Å². The second kappa shape index (κ2) is 4.77. The number of nitrogens with zero attached hydrogens (tertiary/aromatic N) is 1. The van der Waals surface area contributed by atoms with Crippen LogP contribution in [0.2, 0.25) is 0 Å². The maximum atomic E-state index is 2.31. The lowest BCUT2D eigenvalue weighted by atomic mass is 10.0. The number of hydrogen-bond acceptors (Lipinski definition) is 1. The Morgan fingerprint density at radius 2 is 1.82 bits per heavy atom. The molecule has 0 spiro atoms. The highest BCUT2D eigenvalue weighted by molar-refractivity contribution is 7.19. The Kier molecular flexibility index (Phi) is 3.15. The van der Waals surface area contributed by atoms with Crippen LogP contribution in [0.4, 0.5) is 0 Å². The normalized spacial score (nSPS) is 17.2. The van der Waals surface area contributed by atoms with Gasteiger partial charge in [-0.2, -0.15) is 0 Å². The van der Waals surface area contributed by atoms with Gasteiger partial charge in [-0.1, -0.05) is 19.3 Å². The number of thiophene rings is 1. The second-order valence-electron chi connectivity index (χ2n) is 5.16. The van der Waals surface area contributed by atoms with Gasteiger partial charge >= 0.3 is 0 Å². The van der Waals surface area contributed by atoms with Crippen molar-refractivity contribution in [2.75, 3.05) is 0 Å². The smallest absolute Gasteiger partial charge is 0.177 e. The van der Waals surface area contributed by atoms with Crippen LogP contribution in [-0.2, 0) is 19.9 Å². The van der Waals surface area contributed by atoms with E-state index in [9.17, 15) is 0 Å². The third-order valence-corrected chi connectivity index (χ3v) is 5.06. The van der Waals surface area contributed by atoms with Gasteiger partial charge in [-0.15, -0.1) is 11.3 Å². The molecule has 0 saturated heterocycles. The molecular weight excluding hydrogens is 226 g/mol. The van der Waals surface area contributed by atoms with Crippen LogP contribution in [0.25, 0.3) is 10.1 Å². The zero-order valence-corrected chi connectivity index (χ0v) is 11.4. The summed E-state index contributed by atoms with van der Waals surface area (Å²) in [5.74, 6) is 0. The Hall–Kier alpha value is -0.890. The molecule has 0 atom stereocenters. The van der Waals surface area contributed by atoms with Gasteiger partial charge in [-0.3, -0.25) is 0 Å². The zero-order chi connectivity index (χ0) is 11.7. The molecule has 0 fully saturated rings. The summed E-state index contributed by atoms with van der Waals surface area (Å²) in [6.07, 6.45) is 14.1. The van der Waals surface area contributed by atoms with E-state index in [2.05, 4.69) is 30.1 Å². The molecule has 90 valence electrons. The van der Waals surface area contributed by atoms with Crippen LogP contribution in [0, 0.1) is 0 Å². The molecule has 2 heterocycles. The highest BCUT2D eigenvalue weighted by Gasteiger charge is 2.15. The van der Waals surface area contributed by atoms with Crippen LogP contribution >= 0.6 is 11.3 Å². The van der Waals surface area contributed by atoms with E-state index in [0.717, 1.165) is 0 Å². The van der Waals surface area contributed by atoms with E-state index in [-0.39, 0.29) is 0 Å². The van der Waals surface area contributed by atoms with E-state index in [1.807, 2.05) is 11.3 Å². The summed E-state index contributed by atoms with van der Waals surface area (Å²) in [6, 6.07) is 2.28. The fourth-order valence-electron chi connectivity index (χ4n) is 2.84. The summed E-state index contributed by atoms with van der Waals surface area (Å²) in [6.45, 7) is 0. The predicted molar refractivity (Wildman–Crippen MR) is 73.5 cm³/mol. The van der Waals surface area contributed by atoms with E-state index in [0.29, 0.717) is 0 Å². The molecule has 3 rings (SSSR count). The van der Waals surface area contributed by atoms with Crippen molar-refractivity contribution in [3.8, 4) is 0 Å². The molecule has 2 aromatic rings. The molecule has 1 nitrogen and oxygen atoms in total. The monoisotopic (exact) mass is 246 g/mol. The molecule has 0 bridgehead atoms. The third kappa shape index (κ3) is 2.23. The van der Waals surface area contributed by atoms with Crippen LogP contribution in [0.5, 0.6) is 0 Å². The molecule has 0 saturated carbocycles. The first-order valence-corrected chi connectivity index (χ1v) is 7.56. The van der Waals surface area contributed by atoms with Gasteiger partial charge in [0.05, 0.1) is 5.39 Å². The number of aromatic nitrogens is 1. The topological polar surface area (TPSA) is 3.88 Å². The van der Waals surface area contributed by atoms with E-state index >= 15 is 0 Å². The Bertz CT molecular complexity index is 527. The summed E-state index contributed by atoms with van der Waals surface area (Å²) in [5, 5.41) is 1.51. The van der Waals surface area contributed by atoms with Crippen LogP contribution in [0.3, 0.4) is 0 Å². The summed E-state index contributed by atoms with van der Waals surface area (Å²) in [4.78, 5) is 1.66. The average Bonchev–Trinajstić information content (AvgIpc) is 2.69. The Balaban J connectivity index is 2.09. The van der Waals surface area contributed by atoms with Gasteiger partial charge in [0, 0.05) is 15.6 Å².